The van der Waals surface area contributed by atoms with Crippen LogP contribution < -0.4 is 14.8 Å². The van der Waals surface area contributed by atoms with Crippen LogP contribution in [0.1, 0.15) is 27.0 Å². The summed E-state index contributed by atoms with van der Waals surface area (Å²) in [5.41, 5.74) is 3.50. The number of benzene rings is 2. The number of nitrogens with one attached hydrogen (secondary N) is 1. The molecule has 0 aliphatic rings. The maximum Gasteiger partial charge on any atom is 0.266 e. The van der Waals surface area contributed by atoms with Crippen molar-refractivity contribution in [1.29, 1.82) is 0 Å². The number of aromatic amines is 1. The lowest BCUT2D eigenvalue weighted by atomic mass is 10.0. The van der Waals surface area contributed by atoms with Crippen LogP contribution in [0.2, 0.25) is 0 Å². The molecule has 0 radical (unpaired) electrons. The van der Waals surface area contributed by atoms with E-state index in [9.17, 15) is 9.59 Å². The summed E-state index contributed by atoms with van der Waals surface area (Å²) in [6, 6.07) is 15.4. The van der Waals surface area contributed by atoms with Gasteiger partial charge in [0.25, 0.3) is 5.56 Å². The Morgan fingerprint density at radius 2 is 1.71 bits per heavy atom. The Labute approximate surface area is 143 Å². The molecule has 24 heavy (non-hydrogen) atoms. The summed E-state index contributed by atoms with van der Waals surface area (Å²) in [5, 5.41) is 0. The van der Waals surface area contributed by atoms with Crippen molar-refractivity contribution in [3.05, 3.63) is 90.3 Å². The normalized spacial score (nSPS) is 12.6. The first kappa shape index (κ1) is 16.1. The first-order chi connectivity index (χ1) is 11.5. The summed E-state index contributed by atoms with van der Waals surface area (Å²) < 4.78 is 1.15. The molecule has 3 rings (SSSR count). The van der Waals surface area contributed by atoms with Crippen LogP contribution in [0.3, 0.4) is 0 Å². The van der Waals surface area contributed by atoms with Crippen molar-refractivity contribution in [3.63, 3.8) is 0 Å². The zero-order valence-corrected chi connectivity index (χ0v) is 14.3. The van der Waals surface area contributed by atoms with E-state index in [1.54, 1.807) is 0 Å². The number of Topliss-reactive ketones (excluding diaryl/α,β-unsaturated/α-hetero) is 1. The minimum atomic E-state index is -0.177. The van der Waals surface area contributed by atoms with Gasteiger partial charge < -0.3 is 4.98 Å². The van der Waals surface area contributed by atoms with Gasteiger partial charge in [0, 0.05) is 11.6 Å². The van der Waals surface area contributed by atoms with Crippen LogP contribution in [0.4, 0.5) is 0 Å². The van der Waals surface area contributed by atoms with Crippen molar-refractivity contribution in [1.82, 2.24) is 4.98 Å². The zero-order chi connectivity index (χ0) is 17.1. The Morgan fingerprint density at radius 1 is 1.04 bits per heavy atom. The van der Waals surface area contributed by atoms with Gasteiger partial charge in [-0.3, -0.25) is 9.59 Å². The maximum atomic E-state index is 12.4. The number of hydrogen-bond donors (Lipinski definition) is 1. The SMILES string of the molecule is Cc1cc(C)cc(C(=O)C=c2[nH]c(=O)c(=Cc3ccccc3)s2)c1. The van der Waals surface area contributed by atoms with Crippen LogP contribution in [0.5, 0.6) is 0 Å². The zero-order valence-electron chi connectivity index (χ0n) is 13.5. The second kappa shape index (κ2) is 6.81. The molecule has 2 aromatic carbocycles. The second-order valence-electron chi connectivity index (χ2n) is 5.72. The predicted octanol–water partition coefficient (Wildman–Crippen LogP) is 2.55. The maximum absolute atomic E-state index is 12.4. The van der Waals surface area contributed by atoms with Gasteiger partial charge in [-0.15, -0.1) is 11.3 Å². The highest BCUT2D eigenvalue weighted by Gasteiger charge is 2.05. The Morgan fingerprint density at radius 3 is 2.38 bits per heavy atom. The number of hydrogen-bond acceptors (Lipinski definition) is 3. The summed E-state index contributed by atoms with van der Waals surface area (Å²) in [4.78, 5) is 27.2. The number of aromatic nitrogens is 1. The van der Waals surface area contributed by atoms with Crippen molar-refractivity contribution >= 4 is 29.3 Å². The van der Waals surface area contributed by atoms with Gasteiger partial charge in [-0.1, -0.05) is 47.5 Å². The smallest absolute Gasteiger partial charge is 0.266 e. The Bertz CT molecular complexity index is 1040. The lowest BCUT2D eigenvalue weighted by Gasteiger charge is -2.00. The lowest BCUT2D eigenvalue weighted by molar-refractivity contribution is 0.106. The molecule has 1 heterocycles. The standard InChI is InChI=1S/C20H17NO2S/c1-13-8-14(2)10-16(9-13)17(22)12-19-21-20(23)18(24-19)11-15-6-4-3-5-7-15/h3-12H,1-2H3,(H,21,23). The molecule has 3 aromatic rings. The van der Waals surface area contributed by atoms with E-state index in [1.807, 2.05) is 68.5 Å². The first-order valence-electron chi connectivity index (χ1n) is 7.61. The number of H-pyrrole nitrogens is 1. The van der Waals surface area contributed by atoms with Crippen LogP contribution in [-0.4, -0.2) is 10.8 Å². The van der Waals surface area contributed by atoms with Crippen LogP contribution >= 0.6 is 11.3 Å². The summed E-state index contributed by atoms with van der Waals surface area (Å²) >= 11 is 1.29. The summed E-state index contributed by atoms with van der Waals surface area (Å²) in [6.07, 6.45) is 3.31. The average Bonchev–Trinajstić information content (AvgIpc) is 2.87. The van der Waals surface area contributed by atoms with E-state index in [4.69, 9.17) is 0 Å². The molecule has 1 N–H and O–H groups in total. The number of thiazole rings is 1. The third-order valence-corrected chi connectivity index (χ3v) is 4.51. The molecule has 0 saturated heterocycles. The van der Waals surface area contributed by atoms with Crippen LogP contribution in [0.25, 0.3) is 12.2 Å². The molecule has 4 heteroatoms. The highest BCUT2D eigenvalue weighted by atomic mass is 32.1. The number of carbonyl (C=O) groups excluding carboxylic acids is 1. The van der Waals surface area contributed by atoms with E-state index >= 15 is 0 Å². The summed E-state index contributed by atoms with van der Waals surface area (Å²) in [5.74, 6) is -0.106. The molecule has 0 fully saturated rings. The topological polar surface area (TPSA) is 49.9 Å². The molecule has 0 amide bonds. The minimum absolute atomic E-state index is 0.106. The molecule has 0 aliphatic carbocycles. The van der Waals surface area contributed by atoms with E-state index in [2.05, 4.69) is 4.98 Å². The molecule has 0 saturated carbocycles. The number of carbonyl (C=O) groups is 1. The Kier molecular flexibility index (Phi) is 4.58. The van der Waals surface area contributed by atoms with E-state index in [-0.39, 0.29) is 11.3 Å². The third kappa shape index (κ3) is 3.78. The van der Waals surface area contributed by atoms with Crippen molar-refractivity contribution in [3.8, 4) is 0 Å². The molecule has 0 unspecified atom stereocenters. The molecule has 0 atom stereocenters. The highest BCUT2D eigenvalue weighted by molar-refractivity contribution is 7.07. The average molecular weight is 335 g/mol. The molecular formula is C20H17NO2S. The molecule has 0 bridgehead atoms. The fraction of sp³-hybridized carbons (Fsp3) is 0.100. The van der Waals surface area contributed by atoms with Crippen LogP contribution in [-0.2, 0) is 0 Å². The van der Waals surface area contributed by atoms with Gasteiger partial charge in [-0.2, -0.15) is 0 Å². The van der Waals surface area contributed by atoms with Gasteiger partial charge in [0.15, 0.2) is 5.78 Å². The summed E-state index contributed by atoms with van der Waals surface area (Å²) in [6.45, 7) is 3.92. The fourth-order valence-electron chi connectivity index (χ4n) is 2.54. The Hall–Kier alpha value is -2.72. The van der Waals surface area contributed by atoms with Gasteiger partial charge >= 0.3 is 0 Å². The quantitative estimate of drug-likeness (QED) is 0.748. The second-order valence-corrected chi connectivity index (χ2v) is 6.81. The van der Waals surface area contributed by atoms with E-state index in [1.165, 1.54) is 17.4 Å². The van der Waals surface area contributed by atoms with Crippen molar-refractivity contribution in [2.75, 3.05) is 0 Å². The van der Waals surface area contributed by atoms with Gasteiger partial charge in [-0.25, -0.2) is 0 Å². The van der Waals surface area contributed by atoms with E-state index < -0.39 is 0 Å². The van der Waals surface area contributed by atoms with Gasteiger partial charge in [-0.05, 0) is 37.6 Å². The Balaban J connectivity index is 2.00. The predicted molar refractivity (Wildman–Crippen MR) is 98.9 cm³/mol. The summed E-state index contributed by atoms with van der Waals surface area (Å²) in [7, 11) is 0. The highest BCUT2D eigenvalue weighted by Crippen LogP contribution is 2.10. The lowest BCUT2D eigenvalue weighted by Crippen LogP contribution is -2.19. The van der Waals surface area contributed by atoms with Crippen molar-refractivity contribution in [2.24, 2.45) is 0 Å². The fourth-order valence-corrected chi connectivity index (χ4v) is 3.43. The molecule has 0 spiro atoms. The molecule has 3 nitrogen and oxygen atoms in total. The molecule has 120 valence electrons. The largest absolute Gasteiger partial charge is 0.313 e. The number of aryl methyl sites for hydroxylation is 2. The van der Waals surface area contributed by atoms with E-state index in [0.29, 0.717) is 14.8 Å². The first-order valence-corrected chi connectivity index (χ1v) is 8.43. The van der Waals surface area contributed by atoms with Gasteiger partial charge in [0.2, 0.25) is 0 Å². The van der Waals surface area contributed by atoms with Gasteiger partial charge in [0.1, 0.15) is 0 Å². The number of rotatable bonds is 3. The van der Waals surface area contributed by atoms with Crippen molar-refractivity contribution in [2.45, 2.75) is 13.8 Å². The third-order valence-electron chi connectivity index (χ3n) is 3.55. The van der Waals surface area contributed by atoms with Crippen molar-refractivity contribution < 1.29 is 4.79 Å². The van der Waals surface area contributed by atoms with E-state index in [0.717, 1.165) is 16.7 Å². The molecule has 1 aromatic heterocycles. The van der Waals surface area contributed by atoms with Crippen LogP contribution in [0, 0.1) is 13.8 Å². The molecule has 0 aliphatic heterocycles. The number of ketones is 1. The minimum Gasteiger partial charge on any atom is -0.313 e. The van der Waals surface area contributed by atoms with Gasteiger partial charge in [0.05, 0.1) is 9.20 Å². The molecular weight excluding hydrogens is 318 g/mol. The van der Waals surface area contributed by atoms with Crippen LogP contribution in [0.15, 0.2) is 53.3 Å². The monoisotopic (exact) mass is 335 g/mol.